The maximum absolute atomic E-state index is 13.9. The monoisotopic (exact) mass is 469 g/mol. The fourth-order valence-corrected chi connectivity index (χ4v) is 5.63. The molecular formula is C23H30F3N3O4. The van der Waals surface area contributed by atoms with Crippen LogP contribution >= 0.6 is 0 Å². The highest BCUT2D eigenvalue weighted by atomic mass is 19.4. The molecule has 2 aliphatic heterocycles. The molecule has 2 amide bonds. The van der Waals surface area contributed by atoms with Crippen molar-refractivity contribution < 1.29 is 33.0 Å². The highest BCUT2D eigenvalue weighted by Crippen LogP contribution is 2.46. The number of carboxylic acid groups (broad SMARTS) is 1. The number of aliphatic hydroxyl groups is 1. The Morgan fingerprint density at radius 2 is 1.85 bits per heavy atom. The predicted molar refractivity (Wildman–Crippen MR) is 116 cm³/mol. The number of likely N-dealkylation sites (tertiary alicyclic amines) is 1. The highest BCUT2D eigenvalue weighted by molar-refractivity contribution is 5.87. The van der Waals surface area contributed by atoms with Crippen LogP contribution in [0.2, 0.25) is 0 Å². The molecule has 0 aromatic heterocycles. The molecular weight excluding hydrogens is 439 g/mol. The molecule has 1 aliphatic carbocycles. The van der Waals surface area contributed by atoms with E-state index in [1.54, 1.807) is 4.90 Å². The van der Waals surface area contributed by atoms with Crippen LogP contribution in [0.4, 0.5) is 29.3 Å². The molecule has 0 unspecified atom stereocenters. The van der Waals surface area contributed by atoms with Gasteiger partial charge in [0.2, 0.25) is 5.91 Å². The lowest BCUT2D eigenvalue weighted by Crippen LogP contribution is -2.50. The molecule has 2 saturated heterocycles. The minimum absolute atomic E-state index is 0.0175. The summed E-state index contributed by atoms with van der Waals surface area (Å²) in [5, 5.41) is 18.9. The summed E-state index contributed by atoms with van der Waals surface area (Å²) < 4.78 is 41.8. The molecule has 1 aromatic rings. The first-order valence-electron chi connectivity index (χ1n) is 11.4. The number of benzene rings is 1. The van der Waals surface area contributed by atoms with Gasteiger partial charge in [0.25, 0.3) is 0 Å². The van der Waals surface area contributed by atoms with E-state index >= 15 is 0 Å². The molecule has 4 rings (SSSR count). The third kappa shape index (κ3) is 4.49. The molecule has 33 heavy (non-hydrogen) atoms. The van der Waals surface area contributed by atoms with Crippen LogP contribution in [0.1, 0.15) is 50.5 Å². The SMILES string of the molecule is CN(C(=O)O)c1ccc(N2CCC[C@]3(CCN([C@H]4CC[C@H](O)CC4)C3=O)C2)c(C(F)(F)F)c1. The van der Waals surface area contributed by atoms with Crippen LogP contribution in [-0.4, -0.2) is 65.9 Å². The standard InChI is InChI=1S/C23H30F3N3O4/c1-27(21(32)33)16-5-8-19(18(13-16)23(24,25)26)28-11-2-9-22(14-28)10-12-29(20(22)31)15-3-6-17(30)7-4-15/h5,8,13,15,17,30H,2-4,6-7,9-12,14H2,1H3,(H,32,33)/t15-,17-,22-/m0/s1. The number of hydrogen-bond acceptors (Lipinski definition) is 4. The van der Waals surface area contributed by atoms with Crippen molar-refractivity contribution in [1.29, 1.82) is 0 Å². The van der Waals surface area contributed by atoms with Crippen LogP contribution in [0.15, 0.2) is 18.2 Å². The van der Waals surface area contributed by atoms with Crippen LogP contribution in [0.25, 0.3) is 0 Å². The first-order valence-corrected chi connectivity index (χ1v) is 11.4. The molecule has 3 aliphatic rings. The molecule has 1 atom stereocenters. The van der Waals surface area contributed by atoms with E-state index in [-0.39, 0.29) is 36.0 Å². The topological polar surface area (TPSA) is 84.3 Å². The van der Waals surface area contributed by atoms with E-state index in [0.717, 1.165) is 23.8 Å². The minimum atomic E-state index is -4.66. The molecule has 1 saturated carbocycles. The number of amides is 2. The Morgan fingerprint density at radius 3 is 2.48 bits per heavy atom. The van der Waals surface area contributed by atoms with Crippen molar-refractivity contribution >= 4 is 23.4 Å². The number of nitrogens with zero attached hydrogens (tertiary/aromatic N) is 3. The smallest absolute Gasteiger partial charge is 0.418 e. The van der Waals surface area contributed by atoms with E-state index in [1.807, 2.05) is 4.90 Å². The summed E-state index contributed by atoms with van der Waals surface area (Å²) in [5.74, 6) is 0.0179. The largest absolute Gasteiger partial charge is 0.465 e. The van der Waals surface area contributed by atoms with E-state index in [0.29, 0.717) is 45.2 Å². The maximum Gasteiger partial charge on any atom is 0.418 e. The number of carbonyl (C=O) groups excluding carboxylic acids is 1. The number of anilines is 2. The predicted octanol–water partition coefficient (Wildman–Crippen LogP) is 3.94. The Kier molecular flexibility index (Phi) is 6.24. The van der Waals surface area contributed by atoms with Crippen molar-refractivity contribution in [3.8, 4) is 0 Å². The van der Waals surface area contributed by atoms with Gasteiger partial charge in [-0.3, -0.25) is 9.69 Å². The average molecular weight is 470 g/mol. The van der Waals surface area contributed by atoms with Gasteiger partial charge in [0, 0.05) is 44.1 Å². The number of piperidine rings is 1. The van der Waals surface area contributed by atoms with Crippen molar-refractivity contribution in [2.75, 3.05) is 36.5 Å². The van der Waals surface area contributed by atoms with Gasteiger partial charge in [-0.05, 0) is 63.1 Å². The van der Waals surface area contributed by atoms with E-state index in [9.17, 15) is 27.9 Å². The third-order valence-corrected chi connectivity index (χ3v) is 7.53. The van der Waals surface area contributed by atoms with E-state index in [1.165, 1.54) is 19.2 Å². The van der Waals surface area contributed by atoms with Gasteiger partial charge in [-0.25, -0.2) is 4.79 Å². The van der Waals surface area contributed by atoms with Crippen LogP contribution in [-0.2, 0) is 11.0 Å². The number of halogens is 3. The van der Waals surface area contributed by atoms with Gasteiger partial charge in [-0.1, -0.05) is 0 Å². The zero-order chi connectivity index (χ0) is 24.0. The van der Waals surface area contributed by atoms with Crippen LogP contribution < -0.4 is 9.80 Å². The number of alkyl halides is 3. The van der Waals surface area contributed by atoms with Crippen molar-refractivity contribution in [2.45, 2.75) is 63.3 Å². The normalized spacial score (nSPS) is 28.5. The first-order chi connectivity index (χ1) is 15.5. The second-order valence-corrected chi connectivity index (χ2v) is 9.56. The van der Waals surface area contributed by atoms with Crippen molar-refractivity contribution in [1.82, 2.24) is 4.90 Å². The Morgan fingerprint density at radius 1 is 1.15 bits per heavy atom. The van der Waals surface area contributed by atoms with Crippen LogP contribution in [0.5, 0.6) is 0 Å². The highest BCUT2D eigenvalue weighted by Gasteiger charge is 2.51. The summed E-state index contributed by atoms with van der Waals surface area (Å²) in [6, 6.07) is 3.64. The van der Waals surface area contributed by atoms with Crippen molar-refractivity contribution in [3.63, 3.8) is 0 Å². The van der Waals surface area contributed by atoms with Gasteiger partial charge in [0.1, 0.15) is 0 Å². The van der Waals surface area contributed by atoms with Crippen LogP contribution in [0, 0.1) is 5.41 Å². The molecule has 2 N–H and O–H groups in total. The second-order valence-electron chi connectivity index (χ2n) is 9.56. The number of carbonyl (C=O) groups is 2. The van der Waals surface area contributed by atoms with Gasteiger partial charge >= 0.3 is 12.3 Å². The number of aliphatic hydroxyl groups excluding tert-OH is 1. The molecule has 0 radical (unpaired) electrons. The summed E-state index contributed by atoms with van der Waals surface area (Å²) in [6.07, 6.45) is -1.62. The van der Waals surface area contributed by atoms with E-state index < -0.39 is 23.2 Å². The first kappa shape index (κ1) is 23.7. The Bertz CT molecular complexity index is 917. The van der Waals surface area contributed by atoms with Crippen molar-refractivity contribution in [2.24, 2.45) is 5.41 Å². The van der Waals surface area contributed by atoms with E-state index in [4.69, 9.17) is 5.11 Å². The zero-order valence-corrected chi connectivity index (χ0v) is 18.6. The summed E-state index contributed by atoms with van der Waals surface area (Å²) in [7, 11) is 1.20. The summed E-state index contributed by atoms with van der Waals surface area (Å²) in [4.78, 5) is 29.0. The van der Waals surface area contributed by atoms with Crippen molar-refractivity contribution in [3.05, 3.63) is 23.8 Å². The Hall–Kier alpha value is -2.49. The Balaban J connectivity index is 1.58. The molecule has 10 heteroatoms. The molecule has 2 heterocycles. The molecule has 182 valence electrons. The Labute approximate surface area is 190 Å². The fraction of sp³-hybridized carbons (Fsp3) is 0.652. The quantitative estimate of drug-likeness (QED) is 0.701. The molecule has 1 spiro atoms. The van der Waals surface area contributed by atoms with E-state index in [2.05, 4.69) is 0 Å². The summed E-state index contributed by atoms with van der Waals surface area (Å²) in [5.41, 5.74) is -1.67. The number of hydrogen-bond donors (Lipinski definition) is 2. The van der Waals surface area contributed by atoms with Gasteiger partial charge in [-0.15, -0.1) is 0 Å². The molecule has 7 nitrogen and oxygen atoms in total. The van der Waals surface area contributed by atoms with Gasteiger partial charge in [0.15, 0.2) is 0 Å². The van der Waals surface area contributed by atoms with Gasteiger partial charge in [-0.2, -0.15) is 13.2 Å². The lowest BCUT2D eigenvalue weighted by atomic mass is 9.78. The fourth-order valence-electron chi connectivity index (χ4n) is 5.63. The lowest BCUT2D eigenvalue weighted by molar-refractivity contribution is -0.139. The maximum atomic E-state index is 13.9. The van der Waals surface area contributed by atoms with Gasteiger partial charge < -0.3 is 20.0 Å². The summed E-state index contributed by atoms with van der Waals surface area (Å²) in [6.45, 7) is 1.22. The molecule has 3 fully saturated rings. The summed E-state index contributed by atoms with van der Waals surface area (Å²) >= 11 is 0. The average Bonchev–Trinajstić information content (AvgIpc) is 3.08. The zero-order valence-electron chi connectivity index (χ0n) is 18.6. The van der Waals surface area contributed by atoms with Crippen LogP contribution in [0.3, 0.4) is 0 Å². The molecule has 1 aromatic carbocycles. The molecule has 0 bridgehead atoms. The third-order valence-electron chi connectivity index (χ3n) is 7.53. The second kappa shape index (κ2) is 8.70. The minimum Gasteiger partial charge on any atom is -0.465 e. The number of rotatable bonds is 3. The lowest BCUT2D eigenvalue weighted by Gasteiger charge is -2.42. The van der Waals surface area contributed by atoms with Gasteiger partial charge in [0.05, 0.1) is 17.1 Å².